The van der Waals surface area contributed by atoms with Gasteiger partial charge in [0.25, 0.3) is 0 Å². The molecular weight excluding hydrogens is 296 g/mol. The molecule has 0 saturated heterocycles. The first-order valence-corrected chi connectivity index (χ1v) is 9.04. The van der Waals surface area contributed by atoms with E-state index < -0.39 is 0 Å². The van der Waals surface area contributed by atoms with Crippen molar-refractivity contribution in [1.29, 1.82) is 0 Å². The molecule has 0 amide bonds. The third kappa shape index (κ3) is 5.64. The first kappa shape index (κ1) is 17.3. The molecule has 1 aromatic rings. The van der Waals surface area contributed by atoms with Gasteiger partial charge in [0.1, 0.15) is 5.75 Å². The van der Waals surface area contributed by atoms with Crippen LogP contribution in [0.25, 0.3) is 0 Å². The second kappa shape index (κ2) is 9.19. The van der Waals surface area contributed by atoms with Crippen molar-refractivity contribution < 1.29 is 9.53 Å². The molecule has 0 unspecified atom stereocenters. The van der Waals surface area contributed by atoms with E-state index >= 15 is 0 Å². The van der Waals surface area contributed by atoms with Crippen LogP contribution in [0.2, 0.25) is 5.02 Å². The van der Waals surface area contributed by atoms with E-state index in [1.54, 1.807) is 24.3 Å². The Hall–Kier alpha value is -1.02. The number of halogens is 1. The van der Waals surface area contributed by atoms with Gasteiger partial charge in [-0.15, -0.1) is 0 Å². The molecule has 0 radical (unpaired) electrons. The maximum absolute atomic E-state index is 12.2. The van der Waals surface area contributed by atoms with Gasteiger partial charge in [0.15, 0.2) is 0 Å². The van der Waals surface area contributed by atoms with Crippen molar-refractivity contribution in [2.75, 3.05) is 0 Å². The molecule has 0 aromatic heterocycles. The number of carbonyl (C=O) groups excluding carboxylic acids is 1. The van der Waals surface area contributed by atoms with Gasteiger partial charge in [-0.3, -0.25) is 4.79 Å². The SMILES string of the molecule is CCCCCC[C@H]1CC[C@H](C(=O)Oc2ccc(Cl)cc2)CC1. The molecule has 0 spiro atoms. The van der Waals surface area contributed by atoms with Crippen LogP contribution in [0.5, 0.6) is 5.75 Å². The molecule has 1 aromatic carbocycles. The topological polar surface area (TPSA) is 26.3 Å². The zero-order valence-electron chi connectivity index (χ0n) is 13.5. The van der Waals surface area contributed by atoms with E-state index in [-0.39, 0.29) is 11.9 Å². The molecule has 0 N–H and O–H groups in total. The van der Waals surface area contributed by atoms with Crippen molar-refractivity contribution in [3.8, 4) is 5.75 Å². The fourth-order valence-corrected chi connectivity index (χ4v) is 3.37. The van der Waals surface area contributed by atoms with Gasteiger partial charge in [0, 0.05) is 5.02 Å². The molecule has 0 aliphatic heterocycles. The lowest BCUT2D eigenvalue weighted by Crippen LogP contribution is -2.25. The van der Waals surface area contributed by atoms with E-state index in [0.717, 1.165) is 18.8 Å². The predicted octanol–water partition coefficient (Wildman–Crippen LogP) is 6.02. The van der Waals surface area contributed by atoms with Gasteiger partial charge in [-0.05, 0) is 55.9 Å². The number of hydrogen-bond acceptors (Lipinski definition) is 2. The van der Waals surface area contributed by atoms with Crippen molar-refractivity contribution >= 4 is 17.6 Å². The largest absolute Gasteiger partial charge is 0.426 e. The molecule has 2 nitrogen and oxygen atoms in total. The Balaban J connectivity index is 1.69. The number of ether oxygens (including phenoxy) is 1. The molecule has 2 rings (SSSR count). The van der Waals surface area contributed by atoms with Crippen LogP contribution in [0.15, 0.2) is 24.3 Å². The molecule has 0 atom stereocenters. The van der Waals surface area contributed by atoms with Crippen molar-refractivity contribution in [1.82, 2.24) is 0 Å². The summed E-state index contributed by atoms with van der Waals surface area (Å²) in [5.74, 6) is 1.40. The van der Waals surface area contributed by atoms with Crippen molar-refractivity contribution in [2.24, 2.45) is 11.8 Å². The van der Waals surface area contributed by atoms with E-state index in [4.69, 9.17) is 16.3 Å². The number of hydrogen-bond donors (Lipinski definition) is 0. The standard InChI is InChI=1S/C19H27ClO2/c1-2-3-4-5-6-15-7-9-16(10-8-15)19(21)22-18-13-11-17(20)12-14-18/h11-16H,2-10H2,1H3/t15-,16-. The monoisotopic (exact) mass is 322 g/mol. The van der Waals surface area contributed by atoms with Crippen LogP contribution in [-0.4, -0.2) is 5.97 Å². The van der Waals surface area contributed by atoms with E-state index in [1.165, 1.54) is 44.9 Å². The van der Waals surface area contributed by atoms with E-state index in [2.05, 4.69) is 6.92 Å². The summed E-state index contributed by atoms with van der Waals surface area (Å²) in [6.07, 6.45) is 11.0. The normalized spacial score (nSPS) is 21.5. The Kier molecular flexibility index (Phi) is 7.24. The second-order valence-electron chi connectivity index (χ2n) is 6.44. The van der Waals surface area contributed by atoms with Crippen molar-refractivity contribution in [2.45, 2.75) is 64.7 Å². The van der Waals surface area contributed by atoms with Gasteiger partial charge in [-0.1, -0.05) is 50.6 Å². The van der Waals surface area contributed by atoms with Crippen molar-refractivity contribution in [3.63, 3.8) is 0 Å². The van der Waals surface area contributed by atoms with Crippen LogP contribution >= 0.6 is 11.6 Å². The molecule has 0 bridgehead atoms. The summed E-state index contributed by atoms with van der Waals surface area (Å²) < 4.78 is 5.46. The van der Waals surface area contributed by atoms with E-state index in [9.17, 15) is 4.79 Å². The average molecular weight is 323 g/mol. The first-order chi connectivity index (χ1) is 10.7. The van der Waals surface area contributed by atoms with Crippen LogP contribution in [0.1, 0.15) is 64.7 Å². The molecular formula is C19H27ClO2. The third-order valence-electron chi connectivity index (χ3n) is 4.68. The summed E-state index contributed by atoms with van der Waals surface area (Å²) in [4.78, 5) is 12.2. The van der Waals surface area contributed by atoms with Gasteiger partial charge in [0.2, 0.25) is 0 Å². The lowest BCUT2D eigenvalue weighted by Gasteiger charge is -2.27. The smallest absolute Gasteiger partial charge is 0.314 e. The molecule has 0 heterocycles. The molecule has 22 heavy (non-hydrogen) atoms. The van der Waals surface area contributed by atoms with Gasteiger partial charge in [-0.2, -0.15) is 0 Å². The Morgan fingerprint density at radius 3 is 2.41 bits per heavy atom. The second-order valence-corrected chi connectivity index (χ2v) is 6.88. The summed E-state index contributed by atoms with van der Waals surface area (Å²) in [5.41, 5.74) is 0. The van der Waals surface area contributed by atoms with Crippen LogP contribution < -0.4 is 4.74 Å². The van der Waals surface area contributed by atoms with Crippen LogP contribution in [0, 0.1) is 11.8 Å². The maximum atomic E-state index is 12.2. The highest BCUT2D eigenvalue weighted by Gasteiger charge is 2.27. The molecule has 1 fully saturated rings. The zero-order valence-corrected chi connectivity index (χ0v) is 14.3. The molecule has 3 heteroatoms. The predicted molar refractivity (Wildman–Crippen MR) is 91.3 cm³/mol. The van der Waals surface area contributed by atoms with Crippen LogP contribution in [-0.2, 0) is 4.79 Å². The highest BCUT2D eigenvalue weighted by atomic mass is 35.5. The summed E-state index contributed by atoms with van der Waals surface area (Å²) in [7, 11) is 0. The number of unbranched alkanes of at least 4 members (excludes halogenated alkanes) is 3. The fourth-order valence-electron chi connectivity index (χ4n) is 3.25. The van der Waals surface area contributed by atoms with Gasteiger partial charge < -0.3 is 4.74 Å². The summed E-state index contributed by atoms with van der Waals surface area (Å²) >= 11 is 5.83. The highest BCUT2D eigenvalue weighted by Crippen LogP contribution is 2.33. The minimum Gasteiger partial charge on any atom is -0.426 e. The van der Waals surface area contributed by atoms with Gasteiger partial charge in [-0.25, -0.2) is 0 Å². The number of benzene rings is 1. The van der Waals surface area contributed by atoms with Gasteiger partial charge in [0.05, 0.1) is 5.92 Å². The average Bonchev–Trinajstić information content (AvgIpc) is 2.54. The Labute approximate surface area is 139 Å². The summed E-state index contributed by atoms with van der Waals surface area (Å²) in [6, 6.07) is 6.99. The molecule has 122 valence electrons. The lowest BCUT2D eigenvalue weighted by molar-refractivity contribution is -0.140. The lowest BCUT2D eigenvalue weighted by atomic mass is 9.80. The fraction of sp³-hybridized carbons (Fsp3) is 0.632. The van der Waals surface area contributed by atoms with E-state index in [1.807, 2.05) is 0 Å². The van der Waals surface area contributed by atoms with E-state index in [0.29, 0.717) is 10.8 Å². The third-order valence-corrected chi connectivity index (χ3v) is 4.93. The maximum Gasteiger partial charge on any atom is 0.314 e. The van der Waals surface area contributed by atoms with Crippen molar-refractivity contribution in [3.05, 3.63) is 29.3 Å². The Bertz CT molecular complexity index is 447. The molecule has 1 aliphatic carbocycles. The first-order valence-electron chi connectivity index (χ1n) is 8.66. The molecule has 1 aliphatic rings. The molecule has 1 saturated carbocycles. The summed E-state index contributed by atoms with van der Waals surface area (Å²) in [5, 5.41) is 0.656. The minimum absolute atomic E-state index is 0.0718. The zero-order chi connectivity index (χ0) is 15.8. The number of rotatable bonds is 7. The van der Waals surface area contributed by atoms with Gasteiger partial charge >= 0.3 is 5.97 Å². The number of esters is 1. The Morgan fingerprint density at radius 1 is 1.09 bits per heavy atom. The summed E-state index contributed by atoms with van der Waals surface area (Å²) in [6.45, 7) is 2.25. The minimum atomic E-state index is -0.0771. The quantitative estimate of drug-likeness (QED) is 0.348. The number of carbonyl (C=O) groups is 1. The highest BCUT2D eigenvalue weighted by molar-refractivity contribution is 6.30. The van der Waals surface area contributed by atoms with Crippen LogP contribution in [0.4, 0.5) is 0 Å². The Morgan fingerprint density at radius 2 is 1.77 bits per heavy atom. The van der Waals surface area contributed by atoms with Crippen LogP contribution in [0.3, 0.4) is 0 Å².